The van der Waals surface area contributed by atoms with Gasteiger partial charge in [0.2, 0.25) is 0 Å². The van der Waals surface area contributed by atoms with Gasteiger partial charge in [-0.05, 0) is 26.7 Å². The average molecular weight is 177 g/mol. The zero-order valence-electron chi connectivity index (χ0n) is 8.90. The molecule has 60 valence electrons. The molecular formula is C7H17ClMgO. The zero-order chi connectivity index (χ0) is 7.11. The molecule has 0 aromatic heterocycles. The Kier molecular flexibility index (Phi) is 13.6. The van der Waals surface area contributed by atoms with Gasteiger partial charge in [0, 0.05) is 18.6 Å². The largest absolute Gasteiger partial charge is 2.00 e. The monoisotopic (exact) mass is 176 g/mol. The third-order valence-electron chi connectivity index (χ3n) is 0.827. The van der Waals surface area contributed by atoms with Crippen molar-refractivity contribution in [3.05, 3.63) is 0 Å². The number of ether oxygens (including phenoxy) is 1. The fourth-order valence-corrected chi connectivity index (χ4v) is 0.510. The molecule has 3 heteroatoms. The van der Waals surface area contributed by atoms with Crippen LogP contribution in [0.5, 0.6) is 0 Å². The molecule has 1 fully saturated rings. The Morgan fingerprint density at radius 1 is 1.30 bits per heavy atom. The molecule has 10 heavy (non-hydrogen) atoms. The van der Waals surface area contributed by atoms with Crippen LogP contribution in [0.15, 0.2) is 0 Å². The molecule has 1 heterocycles. The van der Waals surface area contributed by atoms with Crippen molar-refractivity contribution in [2.24, 2.45) is 0 Å². The summed E-state index contributed by atoms with van der Waals surface area (Å²) < 4.78 is 4.94. The maximum atomic E-state index is 5.27. The minimum absolute atomic E-state index is 0. The van der Waals surface area contributed by atoms with E-state index in [0.717, 1.165) is 13.2 Å². The summed E-state index contributed by atoms with van der Waals surface area (Å²) in [6.45, 7) is 5.86. The van der Waals surface area contributed by atoms with Crippen LogP contribution in [0.4, 0.5) is 0 Å². The van der Waals surface area contributed by atoms with E-state index >= 15 is 0 Å². The molecule has 1 aliphatic heterocycles. The molecule has 0 N–H and O–H groups in total. The second kappa shape index (κ2) is 10.0. The van der Waals surface area contributed by atoms with E-state index in [9.17, 15) is 0 Å². The van der Waals surface area contributed by atoms with Crippen LogP contribution < -0.4 is 0 Å². The van der Waals surface area contributed by atoms with Crippen molar-refractivity contribution in [2.75, 3.05) is 13.2 Å². The molecule has 0 amide bonds. The van der Waals surface area contributed by atoms with Crippen LogP contribution in [0.2, 0.25) is 0 Å². The Labute approximate surface area is 87.6 Å². The van der Waals surface area contributed by atoms with E-state index in [1.165, 1.54) is 12.8 Å². The van der Waals surface area contributed by atoms with Crippen LogP contribution in [0, 0.1) is 0 Å². The number of rotatable bonds is 0. The second-order valence-electron chi connectivity index (χ2n) is 2.33. The van der Waals surface area contributed by atoms with E-state index < -0.39 is 0 Å². The van der Waals surface area contributed by atoms with E-state index in [-0.39, 0.29) is 25.9 Å². The van der Waals surface area contributed by atoms with Gasteiger partial charge in [-0.15, -0.1) is 11.6 Å². The molecule has 1 aliphatic rings. The van der Waals surface area contributed by atoms with Crippen molar-refractivity contribution in [3.8, 4) is 0 Å². The van der Waals surface area contributed by atoms with Crippen LogP contribution in [-0.4, -0.2) is 41.6 Å². The van der Waals surface area contributed by atoms with Crippen LogP contribution in [0.25, 0.3) is 0 Å². The number of hydrogen-bond acceptors (Lipinski definition) is 1. The minimum Gasteiger partial charge on any atom is -1.00 e. The maximum Gasteiger partial charge on any atom is 2.00 e. The van der Waals surface area contributed by atoms with Gasteiger partial charge in [-0.25, -0.2) is 0 Å². The molecule has 0 aromatic rings. The molecule has 0 spiro atoms. The third kappa shape index (κ3) is 16.0. The van der Waals surface area contributed by atoms with Crippen molar-refractivity contribution in [1.82, 2.24) is 0 Å². The topological polar surface area (TPSA) is 9.23 Å². The van der Waals surface area contributed by atoms with E-state index in [2.05, 4.69) is 0 Å². The predicted molar refractivity (Wildman–Crippen MR) is 49.0 cm³/mol. The molecule has 0 atom stereocenters. The van der Waals surface area contributed by atoms with Gasteiger partial charge in [-0.3, -0.25) is 0 Å². The van der Waals surface area contributed by atoms with Crippen molar-refractivity contribution in [3.63, 3.8) is 0 Å². The first-order chi connectivity index (χ1) is 4.23. The first-order valence-corrected chi connectivity index (χ1v) is 3.89. The van der Waals surface area contributed by atoms with Gasteiger partial charge in [-0.1, -0.05) is 0 Å². The summed E-state index contributed by atoms with van der Waals surface area (Å²) >= 11 is 5.27. The first kappa shape index (κ1) is 13.6. The summed E-state index contributed by atoms with van der Waals surface area (Å²) in [4.78, 5) is 0. The molecule has 1 saturated heterocycles. The van der Waals surface area contributed by atoms with Gasteiger partial charge >= 0.3 is 23.1 Å². The summed E-state index contributed by atoms with van der Waals surface area (Å²) in [6.07, 6.45) is 2.56. The molecule has 0 aromatic carbocycles. The van der Waals surface area contributed by atoms with Crippen molar-refractivity contribution < 1.29 is 7.59 Å². The van der Waals surface area contributed by atoms with Crippen molar-refractivity contribution in [1.29, 1.82) is 0 Å². The van der Waals surface area contributed by atoms with Gasteiger partial charge in [0.25, 0.3) is 0 Å². The van der Waals surface area contributed by atoms with Gasteiger partial charge < -0.3 is 7.59 Å². The standard InChI is InChI=1S/C4H8O.C3H7Cl.Mg.2H/c1-2-4-5-3-1;1-3(2)4;;;/h1-4H2;3H,1-2H3;;;/q;;+2;2*-1. The van der Waals surface area contributed by atoms with Gasteiger partial charge in [-0.2, -0.15) is 0 Å². The molecule has 0 unspecified atom stereocenters. The van der Waals surface area contributed by atoms with Crippen LogP contribution >= 0.6 is 11.6 Å². The van der Waals surface area contributed by atoms with E-state index in [4.69, 9.17) is 16.3 Å². The van der Waals surface area contributed by atoms with Gasteiger partial charge in [0.15, 0.2) is 0 Å². The number of alkyl halides is 1. The van der Waals surface area contributed by atoms with Crippen LogP contribution in [0.1, 0.15) is 29.5 Å². The number of hydrogen-bond donors (Lipinski definition) is 0. The second-order valence-corrected chi connectivity index (χ2v) is 3.21. The quantitative estimate of drug-likeness (QED) is 0.407. The minimum atomic E-state index is 0. The fourth-order valence-electron chi connectivity index (χ4n) is 0.510. The van der Waals surface area contributed by atoms with E-state index in [1.54, 1.807) is 0 Å². The van der Waals surface area contributed by atoms with Crippen molar-refractivity contribution >= 4 is 34.7 Å². The summed E-state index contributed by atoms with van der Waals surface area (Å²) in [5.41, 5.74) is 0. The zero-order valence-corrected chi connectivity index (χ0v) is 9.07. The molecule has 0 radical (unpaired) electrons. The van der Waals surface area contributed by atoms with Gasteiger partial charge in [0.05, 0.1) is 0 Å². The fraction of sp³-hybridized carbons (Fsp3) is 1.00. The van der Waals surface area contributed by atoms with Gasteiger partial charge in [0.1, 0.15) is 0 Å². The smallest absolute Gasteiger partial charge is 1.00 e. The maximum absolute atomic E-state index is 5.27. The molecule has 1 nitrogen and oxygen atoms in total. The summed E-state index contributed by atoms with van der Waals surface area (Å²) in [6, 6.07) is 0. The van der Waals surface area contributed by atoms with Crippen LogP contribution in [-0.2, 0) is 4.74 Å². The Morgan fingerprint density at radius 2 is 1.60 bits per heavy atom. The Hall–Kier alpha value is 1.02. The Bertz CT molecular complexity index is 53.0. The normalized spacial score (nSPS) is 15.6. The summed E-state index contributed by atoms with van der Waals surface area (Å²) in [5.74, 6) is 0. The number of halogens is 1. The third-order valence-corrected chi connectivity index (χ3v) is 0.827. The Morgan fingerprint density at radius 3 is 1.70 bits per heavy atom. The average Bonchev–Trinajstić information content (AvgIpc) is 2.11. The molecule has 0 saturated carbocycles. The van der Waals surface area contributed by atoms with Crippen LogP contribution in [0.3, 0.4) is 0 Å². The first-order valence-electron chi connectivity index (χ1n) is 3.45. The summed E-state index contributed by atoms with van der Waals surface area (Å²) in [7, 11) is 0. The molecule has 0 aliphatic carbocycles. The SMILES string of the molecule is C1CCOC1.CC(C)Cl.[H-].[H-].[Mg+2]. The summed E-state index contributed by atoms with van der Waals surface area (Å²) in [5, 5.41) is 0.306. The van der Waals surface area contributed by atoms with E-state index in [0.29, 0.717) is 5.38 Å². The molecule has 0 bridgehead atoms. The predicted octanol–water partition coefficient (Wildman–Crippen LogP) is 2.27. The molecular weight excluding hydrogens is 160 g/mol. The van der Waals surface area contributed by atoms with Crippen molar-refractivity contribution in [2.45, 2.75) is 32.1 Å². The van der Waals surface area contributed by atoms with E-state index in [1.807, 2.05) is 13.8 Å². The molecule has 1 rings (SSSR count). The Balaban J connectivity index is -0.0000000436.